The van der Waals surface area contributed by atoms with Gasteiger partial charge in [0.15, 0.2) is 0 Å². The van der Waals surface area contributed by atoms with Crippen LogP contribution in [-0.2, 0) is 13.1 Å². The zero-order chi connectivity index (χ0) is 14.9. The molecule has 0 aliphatic carbocycles. The van der Waals surface area contributed by atoms with Crippen molar-refractivity contribution in [3.8, 4) is 12.1 Å². The number of aromatic nitrogens is 1. The van der Waals surface area contributed by atoms with Gasteiger partial charge in [-0.1, -0.05) is 24.3 Å². The van der Waals surface area contributed by atoms with Crippen molar-refractivity contribution < 1.29 is 0 Å². The van der Waals surface area contributed by atoms with Gasteiger partial charge < -0.3 is 0 Å². The molecule has 1 aromatic heterocycles. The van der Waals surface area contributed by atoms with E-state index < -0.39 is 0 Å². The molecule has 0 saturated heterocycles. The van der Waals surface area contributed by atoms with Crippen molar-refractivity contribution in [2.75, 3.05) is 6.54 Å². The van der Waals surface area contributed by atoms with Crippen LogP contribution in [0.5, 0.6) is 0 Å². The number of nitrogens with zero attached hydrogens (tertiary/aromatic N) is 4. The van der Waals surface area contributed by atoms with Gasteiger partial charge in [0.25, 0.3) is 0 Å². The average Bonchev–Trinajstić information content (AvgIpc) is 2.54. The van der Waals surface area contributed by atoms with E-state index in [0.717, 1.165) is 11.3 Å². The summed E-state index contributed by atoms with van der Waals surface area (Å²) in [5, 5.41) is 18.0. The fraction of sp³-hybridized carbons (Fsp3) is 0.235. The number of hydrogen-bond acceptors (Lipinski definition) is 4. The second-order valence-electron chi connectivity index (χ2n) is 4.71. The minimum absolute atomic E-state index is 0.460. The van der Waals surface area contributed by atoms with Gasteiger partial charge in [0.1, 0.15) is 0 Å². The summed E-state index contributed by atoms with van der Waals surface area (Å²) < 4.78 is 0. The molecule has 1 aromatic carbocycles. The Hall–Kier alpha value is -2.69. The lowest BCUT2D eigenvalue weighted by atomic mass is 10.1. The second-order valence-corrected chi connectivity index (χ2v) is 4.71. The summed E-state index contributed by atoms with van der Waals surface area (Å²) >= 11 is 0. The predicted molar refractivity (Wildman–Crippen MR) is 79.7 cm³/mol. The Morgan fingerprint density at radius 2 is 1.81 bits per heavy atom. The Bertz CT molecular complexity index is 652. The van der Waals surface area contributed by atoms with Gasteiger partial charge in [0.05, 0.1) is 23.4 Å². The molecule has 104 valence electrons. The number of hydrogen-bond donors (Lipinski definition) is 0. The molecular formula is C17H16N4. The summed E-state index contributed by atoms with van der Waals surface area (Å²) in [4.78, 5) is 6.46. The third kappa shape index (κ3) is 4.42. The molecule has 0 atom stereocenters. The molecule has 2 aromatic rings. The predicted octanol–water partition coefficient (Wildman–Crippen LogP) is 2.87. The second kappa shape index (κ2) is 7.79. The van der Waals surface area contributed by atoms with E-state index >= 15 is 0 Å². The van der Waals surface area contributed by atoms with Crippen LogP contribution in [0, 0.1) is 22.7 Å². The highest BCUT2D eigenvalue weighted by molar-refractivity contribution is 5.37. The highest BCUT2D eigenvalue weighted by atomic mass is 15.1. The van der Waals surface area contributed by atoms with Crippen molar-refractivity contribution in [3.63, 3.8) is 0 Å². The topological polar surface area (TPSA) is 63.7 Å². The van der Waals surface area contributed by atoms with Crippen molar-refractivity contribution in [3.05, 3.63) is 65.5 Å². The lowest BCUT2D eigenvalue weighted by molar-refractivity contribution is 0.259. The Morgan fingerprint density at radius 1 is 1.00 bits per heavy atom. The standard InChI is InChI=1S/C17H16N4/c18-9-5-11-21(14-17-8-3-4-10-20-17)13-16-7-2-1-6-15(16)12-19/h1-4,6-8,10H,5,11,13-14H2. The molecule has 0 bridgehead atoms. The number of rotatable bonds is 6. The molecule has 0 saturated carbocycles. The highest BCUT2D eigenvalue weighted by Crippen LogP contribution is 2.13. The maximum Gasteiger partial charge on any atom is 0.0995 e. The molecule has 0 aliphatic rings. The maximum absolute atomic E-state index is 9.16. The Kier molecular flexibility index (Phi) is 5.46. The summed E-state index contributed by atoms with van der Waals surface area (Å²) in [5.41, 5.74) is 2.62. The van der Waals surface area contributed by atoms with Gasteiger partial charge in [0.2, 0.25) is 0 Å². The molecule has 1 heterocycles. The average molecular weight is 276 g/mol. The maximum atomic E-state index is 9.16. The van der Waals surface area contributed by atoms with Gasteiger partial charge in [-0.2, -0.15) is 10.5 Å². The van der Waals surface area contributed by atoms with E-state index in [9.17, 15) is 0 Å². The lowest BCUT2D eigenvalue weighted by Gasteiger charge is -2.21. The third-order valence-corrected chi connectivity index (χ3v) is 3.18. The van der Waals surface area contributed by atoms with Crippen LogP contribution in [-0.4, -0.2) is 16.4 Å². The van der Waals surface area contributed by atoms with Crippen molar-refractivity contribution >= 4 is 0 Å². The molecule has 4 nitrogen and oxygen atoms in total. The zero-order valence-electron chi connectivity index (χ0n) is 11.7. The van der Waals surface area contributed by atoms with Gasteiger partial charge in [-0.05, 0) is 23.8 Å². The third-order valence-electron chi connectivity index (χ3n) is 3.18. The largest absolute Gasteiger partial charge is 0.292 e. The summed E-state index contributed by atoms with van der Waals surface area (Å²) in [6, 6.07) is 17.8. The highest BCUT2D eigenvalue weighted by Gasteiger charge is 2.10. The Balaban J connectivity index is 2.13. The first kappa shape index (κ1) is 14.7. The fourth-order valence-electron chi connectivity index (χ4n) is 2.15. The van der Waals surface area contributed by atoms with Crippen molar-refractivity contribution in [2.24, 2.45) is 0 Å². The smallest absolute Gasteiger partial charge is 0.0995 e. The Morgan fingerprint density at radius 3 is 2.52 bits per heavy atom. The van der Waals surface area contributed by atoms with E-state index in [1.807, 2.05) is 42.5 Å². The SMILES string of the molecule is N#CCCN(Cc1ccccn1)Cc1ccccc1C#N. The fourth-order valence-corrected chi connectivity index (χ4v) is 2.15. The van der Waals surface area contributed by atoms with E-state index in [1.54, 1.807) is 6.20 Å². The van der Waals surface area contributed by atoms with Gasteiger partial charge in [-0.15, -0.1) is 0 Å². The molecule has 21 heavy (non-hydrogen) atoms. The van der Waals surface area contributed by atoms with Crippen LogP contribution in [0.25, 0.3) is 0 Å². The minimum atomic E-state index is 0.460. The van der Waals surface area contributed by atoms with Crippen LogP contribution in [0.15, 0.2) is 48.7 Å². The molecule has 4 heteroatoms. The van der Waals surface area contributed by atoms with E-state index in [2.05, 4.69) is 22.0 Å². The minimum Gasteiger partial charge on any atom is -0.292 e. The van der Waals surface area contributed by atoms with Crippen LogP contribution in [0.1, 0.15) is 23.2 Å². The molecule has 0 spiro atoms. The molecule has 0 aliphatic heterocycles. The molecule has 0 radical (unpaired) electrons. The van der Waals surface area contributed by atoms with Gasteiger partial charge >= 0.3 is 0 Å². The molecule has 0 unspecified atom stereocenters. The van der Waals surface area contributed by atoms with Crippen LogP contribution < -0.4 is 0 Å². The Labute approximate surface area is 124 Å². The van der Waals surface area contributed by atoms with Crippen molar-refractivity contribution in [2.45, 2.75) is 19.5 Å². The van der Waals surface area contributed by atoms with Gasteiger partial charge in [-0.3, -0.25) is 9.88 Å². The van der Waals surface area contributed by atoms with Gasteiger partial charge in [0, 0.05) is 32.3 Å². The van der Waals surface area contributed by atoms with Crippen LogP contribution in [0.3, 0.4) is 0 Å². The molecule has 0 amide bonds. The number of nitriles is 2. The van der Waals surface area contributed by atoms with Crippen molar-refractivity contribution in [1.29, 1.82) is 10.5 Å². The van der Waals surface area contributed by atoms with E-state index in [1.165, 1.54) is 0 Å². The first-order valence-electron chi connectivity index (χ1n) is 6.80. The normalized spacial score (nSPS) is 10.0. The van der Waals surface area contributed by atoms with Crippen molar-refractivity contribution in [1.82, 2.24) is 9.88 Å². The molecule has 0 fully saturated rings. The van der Waals surface area contributed by atoms with Gasteiger partial charge in [-0.25, -0.2) is 0 Å². The molecular weight excluding hydrogens is 260 g/mol. The number of benzene rings is 1. The monoisotopic (exact) mass is 276 g/mol. The number of pyridine rings is 1. The van der Waals surface area contributed by atoms with Crippen LogP contribution >= 0.6 is 0 Å². The molecule has 0 N–H and O–H groups in total. The zero-order valence-corrected chi connectivity index (χ0v) is 11.7. The summed E-state index contributed by atoms with van der Waals surface area (Å²) in [6.07, 6.45) is 2.22. The van der Waals surface area contributed by atoms with E-state index in [4.69, 9.17) is 10.5 Å². The van der Waals surface area contributed by atoms with E-state index in [-0.39, 0.29) is 0 Å². The summed E-state index contributed by atoms with van der Waals surface area (Å²) in [5.74, 6) is 0. The quantitative estimate of drug-likeness (QED) is 0.813. The first-order valence-corrected chi connectivity index (χ1v) is 6.80. The van der Waals surface area contributed by atoms with Crippen LogP contribution in [0.2, 0.25) is 0 Å². The first-order chi connectivity index (χ1) is 10.3. The molecule has 2 rings (SSSR count). The summed E-state index contributed by atoms with van der Waals surface area (Å²) in [7, 11) is 0. The summed E-state index contributed by atoms with van der Waals surface area (Å²) in [6.45, 7) is 1.97. The van der Waals surface area contributed by atoms with E-state index in [0.29, 0.717) is 31.6 Å². The lowest BCUT2D eigenvalue weighted by Crippen LogP contribution is -2.24. The van der Waals surface area contributed by atoms with Crippen LogP contribution in [0.4, 0.5) is 0 Å².